The minimum Gasteiger partial charge on any atom is -0.496 e. The summed E-state index contributed by atoms with van der Waals surface area (Å²) in [6, 6.07) is 5.04. The van der Waals surface area contributed by atoms with Crippen LogP contribution in [0.1, 0.15) is 29.6 Å². The summed E-state index contributed by atoms with van der Waals surface area (Å²) in [6.07, 6.45) is 2.23. The van der Waals surface area contributed by atoms with Gasteiger partial charge in [-0.25, -0.2) is 4.79 Å². The van der Waals surface area contributed by atoms with Crippen molar-refractivity contribution in [3.8, 4) is 5.75 Å². The third-order valence-electron chi connectivity index (χ3n) is 2.95. The minimum atomic E-state index is -0.548. The third kappa shape index (κ3) is 3.88. The van der Waals surface area contributed by atoms with Crippen LogP contribution in [0.3, 0.4) is 0 Å². The van der Waals surface area contributed by atoms with Crippen LogP contribution >= 0.6 is 0 Å². The van der Waals surface area contributed by atoms with E-state index in [-0.39, 0.29) is 24.5 Å². The summed E-state index contributed by atoms with van der Waals surface area (Å²) in [7, 11) is 1.46. The first-order valence-corrected chi connectivity index (χ1v) is 6.50. The van der Waals surface area contributed by atoms with Crippen LogP contribution in [0.2, 0.25) is 0 Å². The van der Waals surface area contributed by atoms with E-state index in [0.29, 0.717) is 17.5 Å². The number of hydrogen-bond acceptors (Lipinski definition) is 5. The zero-order chi connectivity index (χ0) is 14.5. The molecule has 0 saturated heterocycles. The summed E-state index contributed by atoms with van der Waals surface area (Å²) >= 11 is 0. The number of ether oxygens (including phenoxy) is 2. The molecule has 20 heavy (non-hydrogen) atoms. The van der Waals surface area contributed by atoms with Crippen molar-refractivity contribution in [1.29, 1.82) is 0 Å². The van der Waals surface area contributed by atoms with Gasteiger partial charge in [0.15, 0.2) is 0 Å². The molecule has 6 heteroatoms. The first-order valence-electron chi connectivity index (χ1n) is 6.50. The van der Waals surface area contributed by atoms with Crippen LogP contribution in [0.5, 0.6) is 5.75 Å². The lowest BCUT2D eigenvalue weighted by Gasteiger charge is -2.09. The lowest BCUT2D eigenvalue weighted by Crippen LogP contribution is -2.26. The fourth-order valence-corrected chi connectivity index (χ4v) is 1.73. The Balaban J connectivity index is 1.84. The van der Waals surface area contributed by atoms with Gasteiger partial charge in [-0.05, 0) is 31.0 Å². The van der Waals surface area contributed by atoms with Crippen LogP contribution in [0, 0.1) is 0 Å². The molecule has 6 nitrogen and oxygen atoms in total. The molecule has 1 aromatic carbocycles. The summed E-state index contributed by atoms with van der Waals surface area (Å²) in [6.45, 7) is 0.0370. The molecule has 0 unspecified atom stereocenters. The SMILES string of the molecule is COc1ccc(N)cc1C(=O)OCCC(=O)NC1CC1. The van der Waals surface area contributed by atoms with Crippen molar-refractivity contribution in [1.82, 2.24) is 5.32 Å². The number of amides is 1. The number of rotatable bonds is 6. The third-order valence-corrected chi connectivity index (χ3v) is 2.95. The van der Waals surface area contributed by atoms with Crippen molar-refractivity contribution in [2.75, 3.05) is 19.5 Å². The first-order chi connectivity index (χ1) is 9.60. The molecule has 0 heterocycles. The van der Waals surface area contributed by atoms with Gasteiger partial charge in [-0.15, -0.1) is 0 Å². The molecule has 0 atom stereocenters. The van der Waals surface area contributed by atoms with E-state index in [1.807, 2.05) is 0 Å². The monoisotopic (exact) mass is 278 g/mol. The number of methoxy groups -OCH3 is 1. The van der Waals surface area contributed by atoms with E-state index < -0.39 is 5.97 Å². The maximum absolute atomic E-state index is 11.9. The molecular weight excluding hydrogens is 260 g/mol. The van der Waals surface area contributed by atoms with Crippen molar-refractivity contribution in [3.63, 3.8) is 0 Å². The van der Waals surface area contributed by atoms with Crippen molar-refractivity contribution >= 4 is 17.6 Å². The summed E-state index contributed by atoms with van der Waals surface area (Å²) in [5.74, 6) is -0.250. The van der Waals surface area contributed by atoms with Crippen molar-refractivity contribution in [2.45, 2.75) is 25.3 Å². The zero-order valence-electron chi connectivity index (χ0n) is 11.3. The predicted molar refractivity (Wildman–Crippen MR) is 73.5 cm³/mol. The van der Waals surface area contributed by atoms with E-state index in [1.165, 1.54) is 13.2 Å². The molecule has 0 spiro atoms. The van der Waals surface area contributed by atoms with E-state index in [0.717, 1.165) is 12.8 Å². The fourth-order valence-electron chi connectivity index (χ4n) is 1.73. The number of hydrogen-bond donors (Lipinski definition) is 2. The molecule has 1 saturated carbocycles. The average Bonchev–Trinajstić information content (AvgIpc) is 3.22. The lowest BCUT2D eigenvalue weighted by atomic mass is 10.2. The Labute approximate surface area is 117 Å². The maximum Gasteiger partial charge on any atom is 0.342 e. The minimum absolute atomic E-state index is 0.0370. The van der Waals surface area contributed by atoms with Gasteiger partial charge in [-0.1, -0.05) is 0 Å². The van der Waals surface area contributed by atoms with Crippen LogP contribution in [0.15, 0.2) is 18.2 Å². The number of esters is 1. The number of anilines is 1. The van der Waals surface area contributed by atoms with Gasteiger partial charge in [0.2, 0.25) is 5.91 Å². The van der Waals surface area contributed by atoms with Crippen molar-refractivity contribution in [2.24, 2.45) is 0 Å². The van der Waals surface area contributed by atoms with Crippen molar-refractivity contribution in [3.05, 3.63) is 23.8 Å². The van der Waals surface area contributed by atoms with Gasteiger partial charge in [-0.3, -0.25) is 4.79 Å². The van der Waals surface area contributed by atoms with Crippen LogP contribution in [0.4, 0.5) is 5.69 Å². The quantitative estimate of drug-likeness (QED) is 0.600. The van der Waals surface area contributed by atoms with Crippen LogP contribution in [0.25, 0.3) is 0 Å². The summed E-state index contributed by atoms with van der Waals surface area (Å²) in [5.41, 5.74) is 6.34. The largest absolute Gasteiger partial charge is 0.496 e. The summed E-state index contributed by atoms with van der Waals surface area (Å²) < 4.78 is 10.1. The second-order valence-corrected chi connectivity index (χ2v) is 4.69. The van der Waals surface area contributed by atoms with Gasteiger partial charge in [-0.2, -0.15) is 0 Å². The average molecular weight is 278 g/mol. The molecule has 0 aromatic heterocycles. The molecule has 1 aliphatic rings. The summed E-state index contributed by atoms with van der Waals surface area (Å²) in [5, 5.41) is 2.82. The Bertz CT molecular complexity index is 512. The lowest BCUT2D eigenvalue weighted by molar-refractivity contribution is -0.121. The van der Waals surface area contributed by atoms with Gasteiger partial charge in [0.05, 0.1) is 13.5 Å². The Hall–Kier alpha value is -2.24. The predicted octanol–water partition coefficient (Wildman–Crippen LogP) is 1.10. The van der Waals surface area contributed by atoms with Crippen molar-refractivity contribution < 1.29 is 19.1 Å². The van der Waals surface area contributed by atoms with Gasteiger partial charge in [0, 0.05) is 11.7 Å². The second kappa shape index (κ2) is 6.27. The molecule has 0 bridgehead atoms. The van der Waals surface area contributed by atoms with Crippen LogP contribution in [-0.2, 0) is 9.53 Å². The first kappa shape index (κ1) is 14.2. The highest BCUT2D eigenvalue weighted by molar-refractivity contribution is 5.93. The molecular formula is C14H18N2O4. The number of carbonyl (C=O) groups is 2. The number of nitrogens with one attached hydrogen (secondary N) is 1. The summed E-state index contributed by atoms with van der Waals surface area (Å²) in [4.78, 5) is 23.3. The smallest absolute Gasteiger partial charge is 0.342 e. The van der Waals surface area contributed by atoms with Crippen LogP contribution in [-0.4, -0.2) is 31.6 Å². The molecule has 0 radical (unpaired) electrons. The molecule has 108 valence electrons. The molecule has 1 amide bonds. The highest BCUT2D eigenvalue weighted by Crippen LogP contribution is 2.22. The molecule has 2 rings (SSSR count). The molecule has 3 N–H and O–H groups in total. The molecule has 1 fully saturated rings. The Morgan fingerprint density at radius 1 is 1.40 bits per heavy atom. The number of nitrogens with two attached hydrogens (primary N) is 1. The highest BCUT2D eigenvalue weighted by Gasteiger charge is 2.23. The zero-order valence-corrected chi connectivity index (χ0v) is 11.3. The van der Waals surface area contributed by atoms with Gasteiger partial charge in [0.1, 0.15) is 17.9 Å². The topological polar surface area (TPSA) is 90.7 Å². The molecule has 1 aromatic rings. The van der Waals surface area contributed by atoms with E-state index >= 15 is 0 Å². The van der Waals surface area contributed by atoms with Gasteiger partial charge < -0.3 is 20.5 Å². The maximum atomic E-state index is 11.9. The fraction of sp³-hybridized carbons (Fsp3) is 0.429. The Morgan fingerprint density at radius 2 is 2.15 bits per heavy atom. The van der Waals surface area contributed by atoms with Gasteiger partial charge >= 0.3 is 5.97 Å². The van der Waals surface area contributed by atoms with Crippen LogP contribution < -0.4 is 15.8 Å². The Kier molecular flexibility index (Phi) is 4.45. The van der Waals surface area contributed by atoms with E-state index in [1.54, 1.807) is 12.1 Å². The van der Waals surface area contributed by atoms with E-state index in [2.05, 4.69) is 5.32 Å². The molecule has 0 aliphatic heterocycles. The normalized spacial score (nSPS) is 13.7. The second-order valence-electron chi connectivity index (χ2n) is 4.69. The number of benzene rings is 1. The van der Waals surface area contributed by atoms with E-state index in [9.17, 15) is 9.59 Å². The standard InChI is InChI=1S/C14H18N2O4/c1-19-12-5-2-9(15)8-11(12)14(18)20-7-6-13(17)16-10-3-4-10/h2,5,8,10H,3-4,6-7,15H2,1H3,(H,16,17). The highest BCUT2D eigenvalue weighted by atomic mass is 16.5. The molecule has 1 aliphatic carbocycles. The number of nitrogen functional groups attached to an aromatic ring is 1. The van der Waals surface area contributed by atoms with Gasteiger partial charge in [0.25, 0.3) is 0 Å². The van der Waals surface area contributed by atoms with E-state index in [4.69, 9.17) is 15.2 Å². The Morgan fingerprint density at radius 3 is 2.80 bits per heavy atom. The number of carbonyl (C=O) groups excluding carboxylic acids is 2.